The Kier molecular flexibility index (Phi) is 2.41. The lowest BCUT2D eigenvalue weighted by Crippen LogP contribution is -1.83. The molecule has 0 aliphatic carbocycles. The molecule has 3 rings (SSSR count). The van der Waals surface area contributed by atoms with Gasteiger partial charge in [0.25, 0.3) is 0 Å². The molecule has 0 amide bonds. The van der Waals surface area contributed by atoms with Gasteiger partial charge in [0, 0.05) is 5.56 Å². The molecule has 1 heterocycles. The third-order valence-electron chi connectivity index (χ3n) is 2.68. The van der Waals surface area contributed by atoms with Crippen LogP contribution in [0, 0.1) is 12.7 Å². The lowest BCUT2D eigenvalue weighted by Gasteiger charge is -2.02. The van der Waals surface area contributed by atoms with E-state index in [1.54, 1.807) is 23.5 Å². The first-order chi connectivity index (χ1) is 8.24. The van der Waals surface area contributed by atoms with Crippen molar-refractivity contribution in [3.05, 3.63) is 53.3 Å². The fourth-order valence-electron chi connectivity index (χ4n) is 1.91. The highest BCUT2D eigenvalue weighted by molar-refractivity contribution is 7.18. The monoisotopic (exact) mass is 243 g/mol. The number of nitrogens with zero attached hydrogens (tertiary/aromatic N) is 1. The van der Waals surface area contributed by atoms with Gasteiger partial charge in [0.2, 0.25) is 0 Å². The van der Waals surface area contributed by atoms with E-state index in [0.29, 0.717) is 5.56 Å². The number of hydrogen-bond acceptors (Lipinski definition) is 2. The third-order valence-corrected chi connectivity index (χ3v) is 3.63. The second-order valence-electron chi connectivity index (χ2n) is 3.90. The molecule has 0 atom stereocenters. The van der Waals surface area contributed by atoms with Crippen molar-refractivity contribution in [2.24, 2.45) is 0 Å². The predicted molar refractivity (Wildman–Crippen MR) is 69.8 cm³/mol. The molecule has 0 bridgehead atoms. The van der Waals surface area contributed by atoms with E-state index in [9.17, 15) is 4.39 Å². The van der Waals surface area contributed by atoms with Gasteiger partial charge < -0.3 is 0 Å². The first-order valence-electron chi connectivity index (χ1n) is 5.36. The summed E-state index contributed by atoms with van der Waals surface area (Å²) >= 11 is 1.66. The predicted octanol–water partition coefficient (Wildman–Crippen LogP) is 4.41. The second-order valence-corrected chi connectivity index (χ2v) is 5.13. The minimum absolute atomic E-state index is 0.196. The van der Waals surface area contributed by atoms with Crippen molar-refractivity contribution in [3.63, 3.8) is 0 Å². The summed E-state index contributed by atoms with van der Waals surface area (Å²) in [5.41, 5.74) is 2.44. The van der Waals surface area contributed by atoms with E-state index in [-0.39, 0.29) is 5.82 Å². The minimum Gasteiger partial charge on any atom is -0.241 e. The maximum absolute atomic E-state index is 13.7. The van der Waals surface area contributed by atoms with Gasteiger partial charge in [0.05, 0.1) is 15.2 Å². The largest absolute Gasteiger partial charge is 0.241 e. The van der Waals surface area contributed by atoms with Crippen LogP contribution in [0.15, 0.2) is 42.5 Å². The van der Waals surface area contributed by atoms with Gasteiger partial charge in [-0.3, -0.25) is 0 Å². The van der Waals surface area contributed by atoms with Crippen molar-refractivity contribution in [1.82, 2.24) is 4.98 Å². The van der Waals surface area contributed by atoms with Crippen LogP contribution < -0.4 is 0 Å². The van der Waals surface area contributed by atoms with Gasteiger partial charge in [-0.2, -0.15) is 0 Å². The van der Waals surface area contributed by atoms with Gasteiger partial charge in [0.15, 0.2) is 0 Å². The average Bonchev–Trinajstić information content (AvgIpc) is 2.68. The SMILES string of the molecule is Cc1nc2cc(-c3ccccc3F)ccc2s1. The van der Waals surface area contributed by atoms with Crippen LogP contribution in [0.2, 0.25) is 0 Å². The van der Waals surface area contributed by atoms with Crippen molar-refractivity contribution in [3.8, 4) is 11.1 Å². The average molecular weight is 243 g/mol. The Morgan fingerprint density at radius 1 is 1.12 bits per heavy atom. The van der Waals surface area contributed by atoms with Crippen LogP contribution in [0.4, 0.5) is 4.39 Å². The molecule has 0 radical (unpaired) electrons. The molecule has 0 fully saturated rings. The minimum atomic E-state index is -0.196. The summed E-state index contributed by atoms with van der Waals surface area (Å²) in [5.74, 6) is -0.196. The van der Waals surface area contributed by atoms with E-state index in [0.717, 1.165) is 20.8 Å². The van der Waals surface area contributed by atoms with E-state index in [4.69, 9.17) is 0 Å². The molecular formula is C14H10FNS. The zero-order valence-corrected chi connectivity index (χ0v) is 10.1. The molecule has 84 valence electrons. The summed E-state index contributed by atoms with van der Waals surface area (Å²) in [7, 11) is 0. The summed E-state index contributed by atoms with van der Waals surface area (Å²) in [6, 6.07) is 12.7. The summed E-state index contributed by atoms with van der Waals surface area (Å²) in [6.07, 6.45) is 0. The molecule has 0 unspecified atom stereocenters. The highest BCUT2D eigenvalue weighted by Gasteiger charge is 2.06. The number of halogens is 1. The maximum Gasteiger partial charge on any atom is 0.131 e. The molecule has 3 aromatic rings. The van der Waals surface area contributed by atoms with Crippen molar-refractivity contribution < 1.29 is 4.39 Å². The Morgan fingerprint density at radius 3 is 2.76 bits per heavy atom. The zero-order valence-electron chi connectivity index (χ0n) is 9.27. The normalized spacial score (nSPS) is 10.9. The highest BCUT2D eigenvalue weighted by atomic mass is 32.1. The van der Waals surface area contributed by atoms with E-state index in [2.05, 4.69) is 4.98 Å². The number of fused-ring (bicyclic) bond motifs is 1. The molecule has 17 heavy (non-hydrogen) atoms. The Balaban J connectivity index is 2.21. The molecule has 1 nitrogen and oxygen atoms in total. The molecule has 0 N–H and O–H groups in total. The van der Waals surface area contributed by atoms with Crippen LogP contribution >= 0.6 is 11.3 Å². The van der Waals surface area contributed by atoms with Crippen LogP contribution in [-0.4, -0.2) is 4.98 Å². The van der Waals surface area contributed by atoms with Crippen LogP contribution in [-0.2, 0) is 0 Å². The molecule has 2 aromatic carbocycles. The first-order valence-corrected chi connectivity index (χ1v) is 6.18. The number of rotatable bonds is 1. The van der Waals surface area contributed by atoms with Gasteiger partial charge >= 0.3 is 0 Å². The number of hydrogen-bond donors (Lipinski definition) is 0. The van der Waals surface area contributed by atoms with Gasteiger partial charge in [-0.25, -0.2) is 9.37 Å². The van der Waals surface area contributed by atoms with Gasteiger partial charge in [-0.15, -0.1) is 11.3 Å². The van der Waals surface area contributed by atoms with Crippen molar-refractivity contribution in [2.75, 3.05) is 0 Å². The Bertz CT molecular complexity index is 688. The van der Waals surface area contributed by atoms with Crippen LogP contribution in [0.5, 0.6) is 0 Å². The fourth-order valence-corrected chi connectivity index (χ4v) is 2.71. The summed E-state index contributed by atoms with van der Waals surface area (Å²) in [6.45, 7) is 1.98. The van der Waals surface area contributed by atoms with Gasteiger partial charge in [0.1, 0.15) is 5.82 Å². The number of benzene rings is 2. The third kappa shape index (κ3) is 1.83. The Labute approximate surface area is 103 Å². The van der Waals surface area contributed by atoms with Crippen LogP contribution in [0.3, 0.4) is 0 Å². The Hall–Kier alpha value is -1.74. The van der Waals surface area contributed by atoms with Gasteiger partial charge in [-0.05, 0) is 30.7 Å². The van der Waals surface area contributed by atoms with Crippen molar-refractivity contribution >= 4 is 21.6 Å². The summed E-state index contributed by atoms with van der Waals surface area (Å²) in [5, 5.41) is 1.03. The highest BCUT2D eigenvalue weighted by Crippen LogP contribution is 2.28. The van der Waals surface area contributed by atoms with E-state index >= 15 is 0 Å². The molecule has 0 spiro atoms. The van der Waals surface area contributed by atoms with E-state index in [1.165, 1.54) is 6.07 Å². The molecular weight excluding hydrogens is 233 g/mol. The number of thiazole rings is 1. The topological polar surface area (TPSA) is 12.9 Å². The number of aromatic nitrogens is 1. The second kappa shape index (κ2) is 3.93. The smallest absolute Gasteiger partial charge is 0.131 e. The number of aryl methyl sites for hydroxylation is 1. The summed E-state index contributed by atoms with van der Waals surface area (Å²) < 4.78 is 14.8. The molecule has 3 heteroatoms. The molecule has 0 aliphatic rings. The standard InChI is InChI=1S/C14H10FNS/c1-9-16-13-8-10(6-7-14(13)17-9)11-4-2-3-5-12(11)15/h2-8H,1H3. The van der Waals surface area contributed by atoms with Gasteiger partial charge in [-0.1, -0.05) is 24.3 Å². The fraction of sp³-hybridized carbons (Fsp3) is 0.0714. The van der Waals surface area contributed by atoms with Crippen molar-refractivity contribution in [1.29, 1.82) is 0 Å². The molecule has 1 aromatic heterocycles. The molecule has 0 saturated carbocycles. The van der Waals surface area contributed by atoms with E-state index in [1.807, 2.05) is 31.2 Å². The lowest BCUT2D eigenvalue weighted by molar-refractivity contribution is 0.631. The maximum atomic E-state index is 13.7. The zero-order chi connectivity index (χ0) is 11.8. The van der Waals surface area contributed by atoms with Crippen LogP contribution in [0.1, 0.15) is 5.01 Å². The van der Waals surface area contributed by atoms with Crippen LogP contribution in [0.25, 0.3) is 21.3 Å². The first kappa shape index (κ1) is 10.4. The summed E-state index contributed by atoms with van der Waals surface area (Å²) in [4.78, 5) is 4.43. The van der Waals surface area contributed by atoms with E-state index < -0.39 is 0 Å². The Morgan fingerprint density at radius 2 is 1.94 bits per heavy atom. The quantitative estimate of drug-likeness (QED) is 0.617. The van der Waals surface area contributed by atoms with Crippen molar-refractivity contribution in [2.45, 2.75) is 6.92 Å². The molecule has 0 saturated heterocycles. The lowest BCUT2D eigenvalue weighted by atomic mass is 10.1. The molecule has 0 aliphatic heterocycles.